The Morgan fingerprint density at radius 1 is 0.968 bits per heavy atom. The molecule has 31 heavy (non-hydrogen) atoms. The van der Waals surface area contributed by atoms with Gasteiger partial charge in [-0.25, -0.2) is 4.98 Å². The van der Waals surface area contributed by atoms with Gasteiger partial charge in [0.25, 0.3) is 0 Å². The minimum absolute atomic E-state index is 0. The average Bonchev–Trinajstić information content (AvgIpc) is 3.37. The molecule has 0 fully saturated rings. The molecule has 0 saturated heterocycles. The van der Waals surface area contributed by atoms with Crippen LogP contribution in [0.2, 0.25) is 0 Å². The van der Waals surface area contributed by atoms with Gasteiger partial charge in [-0.2, -0.15) is 0 Å². The van der Waals surface area contributed by atoms with Crippen LogP contribution in [0.1, 0.15) is 50.8 Å². The molecule has 0 amide bonds. The van der Waals surface area contributed by atoms with E-state index in [2.05, 4.69) is 49.4 Å². The number of hydrogen-bond donors (Lipinski definition) is 0. The van der Waals surface area contributed by atoms with Crippen molar-refractivity contribution in [2.45, 2.75) is 39.5 Å². The van der Waals surface area contributed by atoms with Crippen molar-refractivity contribution in [3.8, 4) is 17.1 Å². The Morgan fingerprint density at radius 3 is 2.45 bits per heavy atom. The Bertz CT molecular complexity index is 1350. The van der Waals surface area contributed by atoms with Crippen LogP contribution in [-0.2, 0) is 20.1 Å². The standard InChI is InChI=1S/C26H24N3O.Ir/c1-16(2)21-24(29-15-14-27-26(29)18-10-6-5-7-11-18)22(17(3)4)28-23-19-12-8-9-13-20(19)30-25(21)23;/h5-10,12-17H,1-4H3;/q-1;. The summed E-state index contributed by atoms with van der Waals surface area (Å²) in [7, 11) is 0. The van der Waals surface area contributed by atoms with Crippen LogP contribution in [0.25, 0.3) is 39.1 Å². The molecule has 0 N–H and O–H groups in total. The van der Waals surface area contributed by atoms with Crippen molar-refractivity contribution in [1.82, 2.24) is 14.5 Å². The van der Waals surface area contributed by atoms with E-state index in [1.54, 1.807) is 0 Å². The number of nitrogens with zero attached hydrogens (tertiary/aromatic N) is 3. The Morgan fingerprint density at radius 2 is 1.74 bits per heavy atom. The normalized spacial score (nSPS) is 11.5. The molecule has 0 aliphatic carbocycles. The Hall–Kier alpha value is -2.75. The van der Waals surface area contributed by atoms with E-state index in [1.807, 2.05) is 54.9 Å². The minimum Gasteiger partial charge on any atom is -0.454 e. The van der Waals surface area contributed by atoms with Crippen LogP contribution in [0.4, 0.5) is 0 Å². The third kappa shape index (κ3) is 3.52. The van der Waals surface area contributed by atoms with Crippen LogP contribution in [0.5, 0.6) is 0 Å². The SMILES string of the molecule is CC(C)c1nc2c(oc3ccccc32)c(C(C)C)c1-n1ccnc1-c1[c-]cccc1.[Ir]. The zero-order valence-electron chi connectivity index (χ0n) is 18.0. The number of fused-ring (bicyclic) bond motifs is 3. The number of rotatable bonds is 4. The van der Waals surface area contributed by atoms with Crippen LogP contribution < -0.4 is 0 Å². The maximum absolute atomic E-state index is 6.36. The molecule has 5 heteroatoms. The summed E-state index contributed by atoms with van der Waals surface area (Å²) in [5.74, 6) is 1.35. The van der Waals surface area contributed by atoms with Gasteiger partial charge in [-0.05, 0) is 24.0 Å². The zero-order valence-corrected chi connectivity index (χ0v) is 20.4. The van der Waals surface area contributed by atoms with Gasteiger partial charge >= 0.3 is 0 Å². The van der Waals surface area contributed by atoms with E-state index in [-0.39, 0.29) is 31.9 Å². The largest absolute Gasteiger partial charge is 0.454 e. The van der Waals surface area contributed by atoms with Crippen LogP contribution in [0.3, 0.4) is 0 Å². The summed E-state index contributed by atoms with van der Waals surface area (Å²) in [4.78, 5) is 9.80. The summed E-state index contributed by atoms with van der Waals surface area (Å²) in [6.45, 7) is 8.80. The molecule has 159 valence electrons. The average molecular weight is 587 g/mol. The topological polar surface area (TPSA) is 43.9 Å². The number of furan rings is 1. The molecule has 0 unspecified atom stereocenters. The summed E-state index contributed by atoms with van der Waals surface area (Å²) in [6, 6.07) is 19.4. The number of benzene rings is 2. The molecular weight excluding hydrogens is 563 g/mol. The van der Waals surface area contributed by atoms with Crippen LogP contribution in [0.15, 0.2) is 65.3 Å². The molecule has 4 nitrogen and oxygen atoms in total. The number of para-hydroxylation sites is 1. The number of hydrogen-bond acceptors (Lipinski definition) is 3. The van der Waals surface area contributed by atoms with Gasteiger partial charge in [0, 0.05) is 43.4 Å². The second-order valence-corrected chi connectivity index (χ2v) is 8.24. The maximum Gasteiger partial charge on any atom is 0.159 e. The first-order valence-electron chi connectivity index (χ1n) is 10.4. The molecule has 0 spiro atoms. The summed E-state index contributed by atoms with van der Waals surface area (Å²) in [5, 5.41) is 1.06. The van der Waals surface area contributed by atoms with E-state index in [1.165, 1.54) is 0 Å². The van der Waals surface area contributed by atoms with Crippen LogP contribution in [-0.4, -0.2) is 14.5 Å². The third-order valence-electron chi connectivity index (χ3n) is 5.50. The minimum atomic E-state index is 0. The summed E-state index contributed by atoms with van der Waals surface area (Å²) in [6.07, 6.45) is 3.85. The Labute approximate surface area is 195 Å². The fourth-order valence-corrected chi connectivity index (χ4v) is 4.15. The molecule has 2 aromatic carbocycles. The zero-order chi connectivity index (χ0) is 20.8. The summed E-state index contributed by atoms with van der Waals surface area (Å²) >= 11 is 0. The van der Waals surface area contributed by atoms with Gasteiger partial charge in [-0.3, -0.25) is 4.98 Å². The van der Waals surface area contributed by atoms with E-state index in [9.17, 15) is 0 Å². The molecule has 3 aromatic heterocycles. The monoisotopic (exact) mass is 587 g/mol. The fraction of sp³-hybridized carbons (Fsp3) is 0.231. The molecule has 1 radical (unpaired) electrons. The van der Waals surface area contributed by atoms with Crippen LogP contribution >= 0.6 is 0 Å². The molecule has 0 aliphatic rings. The maximum atomic E-state index is 6.36. The quantitative estimate of drug-likeness (QED) is 0.216. The first kappa shape index (κ1) is 21.5. The van der Waals surface area contributed by atoms with E-state index >= 15 is 0 Å². The van der Waals surface area contributed by atoms with Crippen molar-refractivity contribution in [3.05, 3.63) is 78.2 Å². The van der Waals surface area contributed by atoms with Gasteiger partial charge in [-0.15, -0.1) is 35.9 Å². The molecule has 0 atom stereocenters. The molecule has 5 aromatic rings. The van der Waals surface area contributed by atoms with Gasteiger partial charge in [-0.1, -0.05) is 39.8 Å². The van der Waals surface area contributed by atoms with Gasteiger partial charge in [0.1, 0.15) is 11.1 Å². The summed E-state index contributed by atoms with van der Waals surface area (Å²) < 4.78 is 8.51. The predicted molar refractivity (Wildman–Crippen MR) is 121 cm³/mol. The number of imidazole rings is 1. The first-order valence-corrected chi connectivity index (χ1v) is 10.4. The molecule has 5 rings (SSSR count). The Kier molecular flexibility index (Phi) is 5.83. The van der Waals surface area contributed by atoms with Crippen molar-refractivity contribution in [2.75, 3.05) is 0 Å². The van der Waals surface area contributed by atoms with Crippen LogP contribution in [0, 0.1) is 6.07 Å². The number of aromatic nitrogens is 3. The fourth-order valence-electron chi connectivity index (χ4n) is 4.15. The van der Waals surface area contributed by atoms with Crippen molar-refractivity contribution in [1.29, 1.82) is 0 Å². The first-order chi connectivity index (χ1) is 14.6. The predicted octanol–water partition coefficient (Wildman–Crippen LogP) is 6.88. The molecule has 0 bridgehead atoms. The second kappa shape index (κ2) is 8.41. The molecule has 3 heterocycles. The smallest absolute Gasteiger partial charge is 0.159 e. The van der Waals surface area contributed by atoms with E-state index < -0.39 is 0 Å². The summed E-state index contributed by atoms with van der Waals surface area (Å²) in [5.41, 5.74) is 6.91. The van der Waals surface area contributed by atoms with Gasteiger partial charge in [0.2, 0.25) is 0 Å². The van der Waals surface area contributed by atoms with Crippen molar-refractivity contribution in [3.63, 3.8) is 0 Å². The Balaban J connectivity index is 0.00000231. The second-order valence-electron chi connectivity index (χ2n) is 8.24. The van der Waals surface area contributed by atoms with E-state index in [4.69, 9.17) is 9.40 Å². The van der Waals surface area contributed by atoms with E-state index in [0.717, 1.165) is 50.4 Å². The van der Waals surface area contributed by atoms with Crippen molar-refractivity contribution in [2.24, 2.45) is 0 Å². The van der Waals surface area contributed by atoms with Crippen molar-refractivity contribution >= 4 is 22.1 Å². The van der Waals surface area contributed by atoms with Gasteiger partial charge < -0.3 is 8.98 Å². The van der Waals surface area contributed by atoms with Gasteiger partial charge in [0.15, 0.2) is 5.58 Å². The molecule has 0 aliphatic heterocycles. The van der Waals surface area contributed by atoms with E-state index in [0.29, 0.717) is 0 Å². The molecule has 0 saturated carbocycles. The molecular formula is C26H24IrN3O-. The third-order valence-corrected chi connectivity index (χ3v) is 5.50. The van der Waals surface area contributed by atoms with Crippen molar-refractivity contribution < 1.29 is 24.5 Å². The van der Waals surface area contributed by atoms with Gasteiger partial charge in [0.05, 0.1) is 17.2 Å². The number of pyridine rings is 1.